The van der Waals surface area contributed by atoms with Crippen molar-refractivity contribution in [3.63, 3.8) is 0 Å². The third-order valence-corrected chi connectivity index (χ3v) is 3.71. The average Bonchev–Trinajstić information content (AvgIpc) is 3.07. The van der Waals surface area contributed by atoms with Crippen molar-refractivity contribution in [2.75, 3.05) is 38.2 Å². The first-order valence-electron chi connectivity index (χ1n) is 7.40. The Hall–Kier alpha value is -2.71. The maximum atomic E-state index is 12.2. The van der Waals surface area contributed by atoms with Crippen LogP contribution in [0.5, 0.6) is 5.88 Å². The Bertz CT molecular complexity index is 666. The molecule has 9 nitrogen and oxygen atoms in total. The number of piperazine rings is 1. The van der Waals surface area contributed by atoms with Crippen LogP contribution in [0, 0.1) is 6.92 Å². The van der Waals surface area contributed by atoms with E-state index in [2.05, 4.69) is 25.0 Å². The minimum absolute atomic E-state index is 0.0397. The molecule has 1 amide bonds. The van der Waals surface area contributed by atoms with Crippen molar-refractivity contribution in [2.45, 2.75) is 13.5 Å². The van der Waals surface area contributed by atoms with Gasteiger partial charge in [0.05, 0.1) is 7.11 Å². The first-order chi connectivity index (χ1) is 11.2. The molecule has 1 aliphatic rings. The van der Waals surface area contributed by atoms with Crippen LogP contribution < -0.4 is 9.64 Å². The Morgan fingerprint density at radius 2 is 2.04 bits per heavy atom. The van der Waals surface area contributed by atoms with Crippen LogP contribution in [0.3, 0.4) is 0 Å². The highest BCUT2D eigenvalue weighted by molar-refractivity contribution is 5.76. The molecule has 0 aliphatic carbocycles. The standard InChI is InChI=1S/C14H19N7O2/c1-11-7-12(23-2)18-14(17-11)20-5-3-19(4-6-20)13(22)8-21-10-15-9-16-21/h7,9-10H,3-6,8H2,1-2H3. The zero-order valence-electron chi connectivity index (χ0n) is 13.2. The topological polar surface area (TPSA) is 89.3 Å². The van der Waals surface area contributed by atoms with Gasteiger partial charge in [-0.3, -0.25) is 4.79 Å². The summed E-state index contributed by atoms with van der Waals surface area (Å²) in [5, 5.41) is 3.96. The van der Waals surface area contributed by atoms with Crippen molar-refractivity contribution < 1.29 is 9.53 Å². The molecule has 0 atom stereocenters. The molecule has 0 N–H and O–H groups in total. The molecule has 0 aromatic carbocycles. The van der Waals surface area contributed by atoms with E-state index in [1.165, 1.54) is 11.0 Å². The molecule has 2 aromatic rings. The molecule has 122 valence electrons. The molecule has 3 heterocycles. The predicted octanol–water partition coefficient (Wildman–Crippen LogP) is -0.266. The second-order valence-electron chi connectivity index (χ2n) is 5.31. The van der Waals surface area contributed by atoms with Gasteiger partial charge in [0.25, 0.3) is 0 Å². The van der Waals surface area contributed by atoms with E-state index in [4.69, 9.17) is 4.74 Å². The predicted molar refractivity (Wildman–Crippen MR) is 82.1 cm³/mol. The van der Waals surface area contributed by atoms with Gasteiger partial charge in [-0.25, -0.2) is 14.6 Å². The molecule has 3 rings (SSSR count). The summed E-state index contributed by atoms with van der Waals surface area (Å²) in [6.45, 7) is 4.77. The van der Waals surface area contributed by atoms with Crippen LogP contribution >= 0.6 is 0 Å². The van der Waals surface area contributed by atoms with Gasteiger partial charge < -0.3 is 14.5 Å². The Balaban J connectivity index is 1.60. The van der Waals surface area contributed by atoms with Crippen molar-refractivity contribution in [2.24, 2.45) is 0 Å². The molecule has 23 heavy (non-hydrogen) atoms. The van der Waals surface area contributed by atoms with Gasteiger partial charge in [-0.05, 0) is 6.92 Å². The number of hydrogen-bond donors (Lipinski definition) is 0. The van der Waals surface area contributed by atoms with Crippen molar-refractivity contribution in [3.05, 3.63) is 24.4 Å². The molecule has 0 unspecified atom stereocenters. The normalized spacial score (nSPS) is 14.9. The SMILES string of the molecule is COc1cc(C)nc(N2CCN(C(=O)Cn3cncn3)CC2)n1. The summed E-state index contributed by atoms with van der Waals surface area (Å²) in [4.78, 5) is 28.8. The second-order valence-corrected chi connectivity index (χ2v) is 5.31. The number of aromatic nitrogens is 5. The number of hydrogen-bond acceptors (Lipinski definition) is 7. The highest BCUT2D eigenvalue weighted by atomic mass is 16.5. The summed E-state index contributed by atoms with van der Waals surface area (Å²) >= 11 is 0. The quantitative estimate of drug-likeness (QED) is 0.767. The fourth-order valence-electron chi connectivity index (χ4n) is 2.48. The van der Waals surface area contributed by atoms with Gasteiger partial charge in [0.15, 0.2) is 0 Å². The van der Waals surface area contributed by atoms with Crippen molar-refractivity contribution >= 4 is 11.9 Å². The van der Waals surface area contributed by atoms with E-state index in [0.717, 1.165) is 5.69 Å². The summed E-state index contributed by atoms with van der Waals surface area (Å²) < 4.78 is 6.72. The van der Waals surface area contributed by atoms with E-state index in [1.54, 1.807) is 19.5 Å². The number of carbonyl (C=O) groups is 1. The van der Waals surface area contributed by atoms with Gasteiger partial charge in [-0.1, -0.05) is 0 Å². The van der Waals surface area contributed by atoms with Crippen LogP contribution in [0.15, 0.2) is 18.7 Å². The molecule has 1 saturated heterocycles. The van der Waals surface area contributed by atoms with E-state index >= 15 is 0 Å². The number of rotatable bonds is 4. The van der Waals surface area contributed by atoms with Crippen LogP contribution in [0.1, 0.15) is 5.69 Å². The molecule has 1 fully saturated rings. The first-order valence-corrected chi connectivity index (χ1v) is 7.40. The van der Waals surface area contributed by atoms with Gasteiger partial charge in [0, 0.05) is 37.9 Å². The van der Waals surface area contributed by atoms with E-state index < -0.39 is 0 Å². The Kier molecular flexibility index (Phi) is 4.35. The number of ether oxygens (including phenoxy) is 1. The maximum absolute atomic E-state index is 12.2. The second kappa shape index (κ2) is 6.59. The lowest BCUT2D eigenvalue weighted by molar-refractivity contribution is -0.132. The van der Waals surface area contributed by atoms with Crippen LogP contribution in [-0.2, 0) is 11.3 Å². The summed E-state index contributed by atoms with van der Waals surface area (Å²) in [5.41, 5.74) is 0.858. The van der Waals surface area contributed by atoms with Crippen molar-refractivity contribution in [3.8, 4) is 5.88 Å². The van der Waals surface area contributed by atoms with E-state index in [1.807, 2.05) is 11.8 Å². The Labute approximate surface area is 133 Å². The minimum Gasteiger partial charge on any atom is -0.481 e. The van der Waals surface area contributed by atoms with Gasteiger partial charge >= 0.3 is 0 Å². The first kappa shape index (κ1) is 15.2. The largest absolute Gasteiger partial charge is 0.481 e. The number of anilines is 1. The molecule has 0 spiro atoms. The number of carbonyl (C=O) groups excluding carboxylic acids is 1. The van der Waals surface area contributed by atoms with Crippen molar-refractivity contribution in [1.82, 2.24) is 29.6 Å². The fraction of sp³-hybridized carbons (Fsp3) is 0.500. The van der Waals surface area contributed by atoms with Crippen LogP contribution in [0.2, 0.25) is 0 Å². The summed E-state index contributed by atoms with van der Waals surface area (Å²) in [5.74, 6) is 1.24. The van der Waals surface area contributed by atoms with E-state index in [0.29, 0.717) is 38.0 Å². The average molecular weight is 317 g/mol. The smallest absolute Gasteiger partial charge is 0.244 e. The molecule has 2 aromatic heterocycles. The number of amides is 1. The molecular weight excluding hydrogens is 298 g/mol. The molecule has 1 aliphatic heterocycles. The molecule has 0 saturated carbocycles. The zero-order valence-corrected chi connectivity index (χ0v) is 13.2. The lowest BCUT2D eigenvalue weighted by atomic mass is 10.3. The fourth-order valence-corrected chi connectivity index (χ4v) is 2.48. The van der Waals surface area contributed by atoms with Gasteiger partial charge in [0.1, 0.15) is 19.2 Å². The van der Waals surface area contributed by atoms with Gasteiger partial charge in [-0.15, -0.1) is 0 Å². The molecular formula is C14H19N7O2. The Morgan fingerprint density at radius 1 is 1.26 bits per heavy atom. The lowest BCUT2D eigenvalue weighted by Crippen LogP contribution is -2.50. The molecule has 9 heteroatoms. The zero-order chi connectivity index (χ0) is 16.2. The van der Waals surface area contributed by atoms with Gasteiger partial charge in [0.2, 0.25) is 17.7 Å². The summed E-state index contributed by atoms with van der Waals surface area (Å²) in [6, 6.07) is 1.79. The lowest BCUT2D eigenvalue weighted by Gasteiger charge is -2.34. The number of nitrogens with zero attached hydrogens (tertiary/aromatic N) is 7. The number of aryl methyl sites for hydroxylation is 1. The van der Waals surface area contributed by atoms with Crippen molar-refractivity contribution in [1.29, 1.82) is 0 Å². The third kappa shape index (κ3) is 3.55. The monoisotopic (exact) mass is 317 g/mol. The summed E-state index contributed by atoms with van der Waals surface area (Å²) in [7, 11) is 1.59. The maximum Gasteiger partial charge on any atom is 0.244 e. The highest BCUT2D eigenvalue weighted by Crippen LogP contribution is 2.16. The Morgan fingerprint density at radius 3 is 2.70 bits per heavy atom. The third-order valence-electron chi connectivity index (χ3n) is 3.71. The minimum atomic E-state index is 0.0397. The van der Waals surface area contributed by atoms with Gasteiger partial charge in [-0.2, -0.15) is 10.1 Å². The van der Waals surface area contributed by atoms with E-state index in [-0.39, 0.29) is 12.5 Å². The van der Waals surface area contributed by atoms with Crippen LogP contribution in [-0.4, -0.2) is 68.8 Å². The molecule has 0 radical (unpaired) electrons. The number of methoxy groups -OCH3 is 1. The highest BCUT2D eigenvalue weighted by Gasteiger charge is 2.23. The molecule has 0 bridgehead atoms. The summed E-state index contributed by atoms with van der Waals surface area (Å²) in [6.07, 6.45) is 2.97. The van der Waals surface area contributed by atoms with Crippen LogP contribution in [0.25, 0.3) is 0 Å². The van der Waals surface area contributed by atoms with E-state index in [9.17, 15) is 4.79 Å². The van der Waals surface area contributed by atoms with Crippen LogP contribution in [0.4, 0.5) is 5.95 Å².